The normalized spacial score (nSPS) is 10.5. The van der Waals surface area contributed by atoms with Gasteiger partial charge in [0.15, 0.2) is 11.6 Å². The van der Waals surface area contributed by atoms with E-state index in [4.69, 9.17) is 11.6 Å². The van der Waals surface area contributed by atoms with Gasteiger partial charge in [0.25, 0.3) is 0 Å². The van der Waals surface area contributed by atoms with Gasteiger partial charge < -0.3 is 0 Å². The molecule has 0 saturated heterocycles. The van der Waals surface area contributed by atoms with Crippen molar-refractivity contribution in [1.29, 1.82) is 0 Å². The van der Waals surface area contributed by atoms with Crippen LogP contribution in [0.5, 0.6) is 0 Å². The summed E-state index contributed by atoms with van der Waals surface area (Å²) in [6.07, 6.45) is 0. The van der Waals surface area contributed by atoms with Crippen molar-refractivity contribution in [2.75, 3.05) is 0 Å². The highest BCUT2D eigenvalue weighted by Crippen LogP contribution is 2.25. The molecule has 0 radical (unpaired) electrons. The van der Waals surface area contributed by atoms with Crippen molar-refractivity contribution in [3.05, 3.63) is 64.7 Å². The molecule has 0 nitrogen and oxygen atoms in total. The predicted octanol–water partition coefficient (Wildman–Crippen LogP) is 4.91. The van der Waals surface area contributed by atoms with Crippen LogP contribution in [0.4, 0.5) is 8.78 Å². The van der Waals surface area contributed by atoms with Gasteiger partial charge in [-0.25, -0.2) is 8.78 Å². The summed E-state index contributed by atoms with van der Waals surface area (Å²) in [6, 6.07) is 11.4. The van der Waals surface area contributed by atoms with Gasteiger partial charge in [0.1, 0.15) is 0 Å². The third kappa shape index (κ3) is 3.45. The lowest BCUT2D eigenvalue weighted by Gasteiger charge is -2.03. The Kier molecular flexibility index (Phi) is 4.02. The Morgan fingerprint density at radius 1 is 1.00 bits per heavy atom. The van der Waals surface area contributed by atoms with E-state index in [0.29, 0.717) is 15.7 Å². The van der Waals surface area contributed by atoms with Gasteiger partial charge in [-0.15, -0.1) is 11.8 Å². The molecule has 2 aromatic rings. The highest BCUT2D eigenvalue weighted by molar-refractivity contribution is 7.98. The predicted molar refractivity (Wildman–Crippen MR) is 67.4 cm³/mol. The molecule has 0 amide bonds. The van der Waals surface area contributed by atoms with E-state index < -0.39 is 11.6 Å². The Balaban J connectivity index is 2.05. The van der Waals surface area contributed by atoms with Crippen molar-refractivity contribution in [1.82, 2.24) is 0 Å². The first-order chi connectivity index (χ1) is 8.15. The summed E-state index contributed by atoms with van der Waals surface area (Å²) in [5, 5.41) is 0.674. The topological polar surface area (TPSA) is 0 Å². The summed E-state index contributed by atoms with van der Waals surface area (Å²) in [5.41, 5.74) is 1.05. The lowest BCUT2D eigenvalue weighted by atomic mass is 10.2. The fourth-order valence-corrected chi connectivity index (χ4v) is 2.44. The molecule has 0 N–H and O–H groups in total. The van der Waals surface area contributed by atoms with E-state index in [-0.39, 0.29) is 0 Å². The zero-order chi connectivity index (χ0) is 12.3. The number of hydrogen-bond acceptors (Lipinski definition) is 1. The van der Waals surface area contributed by atoms with E-state index in [0.717, 1.165) is 11.6 Å². The first-order valence-corrected chi connectivity index (χ1v) is 6.34. The maximum Gasteiger partial charge on any atom is 0.159 e. The molecule has 17 heavy (non-hydrogen) atoms. The largest absolute Gasteiger partial charge is 0.204 e. The first kappa shape index (κ1) is 12.4. The zero-order valence-corrected chi connectivity index (χ0v) is 10.4. The van der Waals surface area contributed by atoms with Crippen LogP contribution in [-0.4, -0.2) is 0 Å². The first-order valence-electron chi connectivity index (χ1n) is 4.97. The SMILES string of the molecule is Fc1ccc(SCc2cccc(Cl)c2)cc1F. The van der Waals surface area contributed by atoms with Gasteiger partial charge in [0, 0.05) is 15.7 Å². The molecule has 88 valence electrons. The molecule has 0 heterocycles. The third-order valence-electron chi connectivity index (χ3n) is 2.19. The summed E-state index contributed by atoms with van der Waals surface area (Å²) in [6.45, 7) is 0. The third-order valence-corrected chi connectivity index (χ3v) is 3.49. The van der Waals surface area contributed by atoms with Gasteiger partial charge in [-0.05, 0) is 35.9 Å². The van der Waals surface area contributed by atoms with Crippen LogP contribution >= 0.6 is 23.4 Å². The van der Waals surface area contributed by atoms with Crippen LogP contribution < -0.4 is 0 Å². The van der Waals surface area contributed by atoms with Crippen molar-refractivity contribution in [3.63, 3.8) is 0 Å². The van der Waals surface area contributed by atoms with E-state index in [1.165, 1.54) is 17.8 Å². The van der Waals surface area contributed by atoms with Crippen molar-refractivity contribution < 1.29 is 8.78 Å². The van der Waals surface area contributed by atoms with Gasteiger partial charge >= 0.3 is 0 Å². The molecule has 0 saturated carbocycles. The van der Waals surface area contributed by atoms with E-state index in [2.05, 4.69) is 0 Å². The van der Waals surface area contributed by atoms with Gasteiger partial charge in [-0.3, -0.25) is 0 Å². The van der Waals surface area contributed by atoms with Crippen LogP contribution in [0, 0.1) is 11.6 Å². The van der Waals surface area contributed by atoms with Gasteiger partial charge in [0.05, 0.1) is 0 Å². The molecule has 4 heteroatoms. The minimum Gasteiger partial charge on any atom is -0.204 e. The minimum absolute atomic E-state index is 0.672. The molecule has 0 aliphatic rings. The summed E-state index contributed by atoms with van der Waals surface area (Å²) in [4.78, 5) is 0.698. The number of rotatable bonds is 3. The lowest BCUT2D eigenvalue weighted by Crippen LogP contribution is -1.85. The molecule has 0 bridgehead atoms. The Morgan fingerprint density at radius 3 is 2.53 bits per heavy atom. The average Bonchev–Trinajstić information content (AvgIpc) is 2.31. The van der Waals surface area contributed by atoms with E-state index in [9.17, 15) is 8.78 Å². The Bertz CT molecular complexity index is 529. The van der Waals surface area contributed by atoms with Gasteiger partial charge in [0.2, 0.25) is 0 Å². The minimum atomic E-state index is -0.822. The van der Waals surface area contributed by atoms with E-state index in [1.807, 2.05) is 18.2 Å². The second kappa shape index (κ2) is 5.52. The molecular weight excluding hydrogens is 262 g/mol. The molecule has 0 aliphatic heterocycles. The highest BCUT2D eigenvalue weighted by atomic mass is 35.5. The second-order valence-electron chi connectivity index (χ2n) is 3.49. The lowest BCUT2D eigenvalue weighted by molar-refractivity contribution is 0.506. The zero-order valence-electron chi connectivity index (χ0n) is 8.79. The van der Waals surface area contributed by atoms with Crippen molar-refractivity contribution >= 4 is 23.4 Å². The number of benzene rings is 2. The van der Waals surface area contributed by atoms with Crippen LogP contribution in [0.1, 0.15) is 5.56 Å². The fourth-order valence-electron chi connectivity index (χ4n) is 1.36. The van der Waals surface area contributed by atoms with Gasteiger partial charge in [-0.2, -0.15) is 0 Å². The molecule has 0 aromatic heterocycles. The highest BCUT2D eigenvalue weighted by Gasteiger charge is 2.03. The van der Waals surface area contributed by atoms with Crippen LogP contribution in [0.25, 0.3) is 0 Å². The van der Waals surface area contributed by atoms with Crippen LogP contribution in [0.2, 0.25) is 5.02 Å². The molecule has 0 atom stereocenters. The summed E-state index contributed by atoms with van der Waals surface area (Å²) < 4.78 is 25.7. The standard InChI is InChI=1S/C13H9ClF2S/c14-10-3-1-2-9(6-10)8-17-11-4-5-12(15)13(16)7-11/h1-7H,8H2. The summed E-state index contributed by atoms with van der Waals surface area (Å²) in [5.74, 6) is -0.968. The van der Waals surface area contributed by atoms with Crippen molar-refractivity contribution in [2.45, 2.75) is 10.6 Å². The maximum absolute atomic E-state index is 13.0. The van der Waals surface area contributed by atoms with Crippen molar-refractivity contribution in [3.8, 4) is 0 Å². The molecule has 2 aromatic carbocycles. The van der Waals surface area contributed by atoms with Crippen LogP contribution in [0.15, 0.2) is 47.4 Å². The summed E-state index contributed by atoms with van der Waals surface area (Å²) >= 11 is 7.29. The Hall–Kier alpha value is -1.06. The monoisotopic (exact) mass is 270 g/mol. The molecule has 0 spiro atoms. The summed E-state index contributed by atoms with van der Waals surface area (Å²) in [7, 11) is 0. The second-order valence-corrected chi connectivity index (χ2v) is 4.98. The quantitative estimate of drug-likeness (QED) is 0.714. The molecule has 0 fully saturated rings. The number of halogens is 3. The Labute approximate surface area is 108 Å². The smallest absolute Gasteiger partial charge is 0.159 e. The van der Waals surface area contributed by atoms with Crippen LogP contribution in [0.3, 0.4) is 0 Å². The fraction of sp³-hybridized carbons (Fsp3) is 0.0769. The Morgan fingerprint density at radius 2 is 1.82 bits per heavy atom. The van der Waals surface area contributed by atoms with Crippen LogP contribution in [-0.2, 0) is 5.75 Å². The van der Waals surface area contributed by atoms with Crippen molar-refractivity contribution in [2.24, 2.45) is 0 Å². The number of thioether (sulfide) groups is 1. The van der Waals surface area contributed by atoms with E-state index in [1.54, 1.807) is 12.1 Å². The maximum atomic E-state index is 13.0. The molecule has 0 unspecified atom stereocenters. The van der Waals surface area contributed by atoms with E-state index >= 15 is 0 Å². The molecule has 2 rings (SSSR count). The molecule has 0 aliphatic carbocycles. The average molecular weight is 271 g/mol. The van der Waals surface area contributed by atoms with Gasteiger partial charge in [-0.1, -0.05) is 23.7 Å². The number of hydrogen-bond donors (Lipinski definition) is 0. The molecular formula is C13H9ClF2S.